The van der Waals surface area contributed by atoms with Gasteiger partial charge in [0.2, 0.25) is 0 Å². The minimum absolute atomic E-state index is 0.101. The quantitative estimate of drug-likeness (QED) is 0.450. The number of benzene rings is 2. The van der Waals surface area contributed by atoms with Crippen LogP contribution in [0.4, 0.5) is 4.39 Å². The first kappa shape index (κ1) is 20.3. The van der Waals surface area contributed by atoms with E-state index in [1.54, 1.807) is 19.1 Å². The molecular weight excluding hydrogens is 351 g/mol. The molecule has 0 aliphatic carbocycles. The molecule has 0 aromatic heterocycles. The number of aryl methyl sites for hydroxylation is 1. The highest BCUT2D eigenvalue weighted by atomic mass is 19.1. The van der Waals surface area contributed by atoms with Crippen molar-refractivity contribution in [3.8, 4) is 0 Å². The van der Waals surface area contributed by atoms with Crippen LogP contribution >= 0.6 is 0 Å². The summed E-state index contributed by atoms with van der Waals surface area (Å²) < 4.78 is 13.3. The van der Waals surface area contributed by atoms with E-state index in [1.807, 2.05) is 30.3 Å². The molecule has 3 nitrogen and oxygen atoms in total. The van der Waals surface area contributed by atoms with Crippen LogP contribution in [-0.2, 0) is 12.8 Å². The van der Waals surface area contributed by atoms with Crippen LogP contribution in [-0.4, -0.2) is 35.4 Å². The smallest absolute Gasteiger partial charge is 0.159 e. The molecule has 0 unspecified atom stereocenters. The molecule has 148 valence electrons. The Morgan fingerprint density at radius 3 is 2.54 bits per heavy atom. The van der Waals surface area contributed by atoms with Gasteiger partial charge in [0.25, 0.3) is 0 Å². The molecule has 1 fully saturated rings. The number of hydrogen-bond donors (Lipinski definition) is 0. The number of halogens is 1. The maximum absolute atomic E-state index is 13.3. The fourth-order valence-corrected chi connectivity index (χ4v) is 3.70. The third-order valence-corrected chi connectivity index (χ3v) is 5.36. The van der Waals surface area contributed by atoms with E-state index in [1.165, 1.54) is 17.3 Å². The minimum Gasteiger partial charge on any atom is -0.310 e. The number of hydrazine groups is 1. The first-order valence-corrected chi connectivity index (χ1v) is 10.1. The van der Waals surface area contributed by atoms with Crippen molar-refractivity contribution in [2.45, 2.75) is 39.0 Å². The van der Waals surface area contributed by atoms with E-state index in [9.17, 15) is 9.18 Å². The summed E-state index contributed by atoms with van der Waals surface area (Å²) in [4.78, 5) is 11.4. The summed E-state index contributed by atoms with van der Waals surface area (Å²) in [6.07, 6.45) is 4.97. The summed E-state index contributed by atoms with van der Waals surface area (Å²) in [6, 6.07) is 14.8. The lowest BCUT2D eigenvalue weighted by Crippen LogP contribution is -2.37. The minimum atomic E-state index is -0.157. The number of unbranched alkanes of at least 4 members (excludes halogenated alkanes) is 1. The second-order valence-electron chi connectivity index (χ2n) is 7.48. The number of rotatable bonds is 9. The molecule has 1 heterocycles. The predicted molar refractivity (Wildman–Crippen MR) is 112 cm³/mol. The molecule has 0 bridgehead atoms. The summed E-state index contributed by atoms with van der Waals surface area (Å²) in [5.41, 5.74) is 4.23. The van der Waals surface area contributed by atoms with E-state index < -0.39 is 0 Å². The summed E-state index contributed by atoms with van der Waals surface area (Å²) in [7, 11) is 0. The van der Waals surface area contributed by atoms with Crippen LogP contribution in [0.1, 0.15) is 47.7 Å². The van der Waals surface area contributed by atoms with Gasteiger partial charge in [-0.2, -0.15) is 0 Å². The van der Waals surface area contributed by atoms with Gasteiger partial charge >= 0.3 is 0 Å². The molecule has 3 rings (SSSR count). The molecule has 0 spiro atoms. The third kappa shape index (κ3) is 5.52. The van der Waals surface area contributed by atoms with Crippen molar-refractivity contribution in [1.82, 2.24) is 10.0 Å². The summed E-state index contributed by atoms with van der Waals surface area (Å²) in [5.74, 6) is -0.0558. The van der Waals surface area contributed by atoms with E-state index in [2.05, 4.69) is 16.6 Å². The summed E-state index contributed by atoms with van der Waals surface area (Å²) >= 11 is 0. The van der Waals surface area contributed by atoms with Crippen molar-refractivity contribution in [2.75, 3.05) is 19.6 Å². The third-order valence-electron chi connectivity index (χ3n) is 5.36. The highest BCUT2D eigenvalue weighted by molar-refractivity contribution is 5.93. The van der Waals surface area contributed by atoms with Crippen LogP contribution in [0.5, 0.6) is 0 Å². The monoisotopic (exact) mass is 380 g/mol. The topological polar surface area (TPSA) is 23.6 Å². The maximum atomic E-state index is 13.3. The Morgan fingerprint density at radius 1 is 1.04 bits per heavy atom. The van der Waals surface area contributed by atoms with Crippen molar-refractivity contribution in [1.29, 1.82) is 0 Å². The van der Waals surface area contributed by atoms with Crippen LogP contribution in [0, 0.1) is 5.82 Å². The van der Waals surface area contributed by atoms with Crippen molar-refractivity contribution in [3.63, 3.8) is 0 Å². The first-order valence-electron chi connectivity index (χ1n) is 10.1. The molecule has 1 aliphatic heterocycles. The zero-order valence-corrected chi connectivity index (χ0v) is 16.7. The Bertz CT molecular complexity index is 816. The Kier molecular flexibility index (Phi) is 6.99. The highest BCUT2D eigenvalue weighted by Crippen LogP contribution is 2.22. The lowest BCUT2D eigenvalue weighted by molar-refractivity contribution is 0.0496. The van der Waals surface area contributed by atoms with E-state index in [-0.39, 0.29) is 11.6 Å². The Hall–Kier alpha value is -2.46. The zero-order valence-electron chi connectivity index (χ0n) is 16.7. The first-order chi connectivity index (χ1) is 13.5. The van der Waals surface area contributed by atoms with Gasteiger partial charge in [-0.05, 0) is 55.9 Å². The van der Waals surface area contributed by atoms with E-state index in [4.69, 9.17) is 0 Å². The van der Waals surface area contributed by atoms with Crippen LogP contribution in [0.15, 0.2) is 60.8 Å². The molecular formula is C24H29FN2O. The molecule has 4 heteroatoms. The SMILES string of the molecule is C=C1CCN(CCCCc2cccc(F)c2)N1CCc1ccc(C(C)=O)cc1. The van der Waals surface area contributed by atoms with Gasteiger partial charge in [-0.1, -0.05) is 43.0 Å². The van der Waals surface area contributed by atoms with Gasteiger partial charge in [0.15, 0.2) is 5.78 Å². The average molecular weight is 381 g/mol. The second-order valence-corrected chi connectivity index (χ2v) is 7.48. The van der Waals surface area contributed by atoms with Crippen molar-refractivity contribution < 1.29 is 9.18 Å². The van der Waals surface area contributed by atoms with Gasteiger partial charge in [0.05, 0.1) is 0 Å². The van der Waals surface area contributed by atoms with Crippen LogP contribution in [0.2, 0.25) is 0 Å². The molecule has 1 saturated heterocycles. The summed E-state index contributed by atoms with van der Waals surface area (Å²) in [5, 5.41) is 4.69. The van der Waals surface area contributed by atoms with Crippen LogP contribution in [0.25, 0.3) is 0 Å². The zero-order chi connectivity index (χ0) is 19.9. The van der Waals surface area contributed by atoms with Crippen LogP contribution < -0.4 is 0 Å². The Morgan fingerprint density at radius 2 is 1.82 bits per heavy atom. The second kappa shape index (κ2) is 9.65. The van der Waals surface area contributed by atoms with Crippen molar-refractivity contribution in [3.05, 3.63) is 83.3 Å². The molecule has 0 atom stereocenters. The maximum Gasteiger partial charge on any atom is 0.159 e. The number of Topliss-reactive ketones (excluding diaryl/α,β-unsaturated/α-hetero) is 1. The number of ketones is 1. The van der Waals surface area contributed by atoms with E-state index >= 15 is 0 Å². The van der Waals surface area contributed by atoms with Gasteiger partial charge in [0.1, 0.15) is 5.82 Å². The number of carbonyl (C=O) groups excluding carboxylic acids is 1. The molecule has 0 radical (unpaired) electrons. The molecule has 2 aromatic rings. The average Bonchev–Trinajstić information content (AvgIpc) is 3.03. The lowest BCUT2D eigenvalue weighted by Gasteiger charge is -2.30. The largest absolute Gasteiger partial charge is 0.310 e. The number of hydrogen-bond acceptors (Lipinski definition) is 3. The fraction of sp³-hybridized carbons (Fsp3) is 0.375. The molecule has 0 saturated carbocycles. The van der Waals surface area contributed by atoms with E-state index in [0.717, 1.165) is 62.9 Å². The van der Waals surface area contributed by atoms with Gasteiger partial charge in [-0.25, -0.2) is 9.40 Å². The number of nitrogens with zero attached hydrogens (tertiary/aromatic N) is 2. The Balaban J connectivity index is 1.45. The Labute approximate surface area is 167 Å². The summed E-state index contributed by atoms with van der Waals surface area (Å²) in [6.45, 7) is 8.73. The van der Waals surface area contributed by atoms with Crippen molar-refractivity contribution in [2.24, 2.45) is 0 Å². The van der Waals surface area contributed by atoms with Gasteiger partial charge in [0, 0.05) is 37.3 Å². The standard InChI is InChI=1S/C24H29FN2O/c1-19-13-16-26(15-4-3-6-22-7-5-8-24(25)18-22)27(19)17-14-21-9-11-23(12-10-21)20(2)28/h5,7-12,18H,1,3-4,6,13-17H2,2H3. The molecule has 28 heavy (non-hydrogen) atoms. The fourth-order valence-electron chi connectivity index (χ4n) is 3.70. The highest BCUT2D eigenvalue weighted by Gasteiger charge is 2.23. The van der Waals surface area contributed by atoms with E-state index in [0.29, 0.717) is 0 Å². The normalized spacial score (nSPS) is 14.6. The van der Waals surface area contributed by atoms with Crippen LogP contribution in [0.3, 0.4) is 0 Å². The number of carbonyl (C=O) groups is 1. The lowest BCUT2D eigenvalue weighted by atomic mass is 10.1. The van der Waals surface area contributed by atoms with Gasteiger partial charge < -0.3 is 5.01 Å². The van der Waals surface area contributed by atoms with Gasteiger partial charge in [-0.15, -0.1) is 0 Å². The molecule has 2 aromatic carbocycles. The van der Waals surface area contributed by atoms with Gasteiger partial charge in [-0.3, -0.25) is 4.79 Å². The molecule has 0 N–H and O–H groups in total. The van der Waals surface area contributed by atoms with Crippen molar-refractivity contribution >= 4 is 5.78 Å². The molecule has 0 amide bonds. The molecule has 1 aliphatic rings. The predicted octanol–water partition coefficient (Wildman–Crippen LogP) is 5.03.